The molecule has 0 aliphatic heterocycles. The van der Waals surface area contributed by atoms with E-state index in [1.54, 1.807) is 14.2 Å². The van der Waals surface area contributed by atoms with Crippen molar-refractivity contribution in [2.24, 2.45) is 0 Å². The molecule has 0 spiro atoms. The maximum atomic E-state index is 5.33. The van der Waals surface area contributed by atoms with Gasteiger partial charge < -0.3 is 9.47 Å². The minimum absolute atomic E-state index is 0.761. The summed E-state index contributed by atoms with van der Waals surface area (Å²) in [6.07, 6.45) is 0. The maximum Gasteiger partial charge on any atom is 0.161 e. The summed E-state index contributed by atoms with van der Waals surface area (Å²) >= 11 is 0. The Morgan fingerprint density at radius 3 is 2.00 bits per heavy atom. The van der Waals surface area contributed by atoms with Crippen LogP contribution in [0.4, 0.5) is 0 Å². The van der Waals surface area contributed by atoms with Crippen molar-refractivity contribution in [1.82, 2.24) is 0 Å². The predicted molar refractivity (Wildman–Crippen MR) is 69.7 cm³/mol. The van der Waals surface area contributed by atoms with Gasteiger partial charge in [0.15, 0.2) is 11.5 Å². The first kappa shape index (κ1) is 11.5. The van der Waals surface area contributed by atoms with Crippen LogP contribution in [0.15, 0.2) is 42.5 Å². The first-order chi connectivity index (χ1) is 8.26. The smallest absolute Gasteiger partial charge is 0.161 e. The molecular formula is C15H16O2. The molecule has 0 radical (unpaired) electrons. The molecule has 0 fully saturated rings. The molecule has 0 amide bonds. The molecule has 0 aliphatic rings. The van der Waals surface area contributed by atoms with Crippen LogP contribution in [-0.2, 0) is 0 Å². The van der Waals surface area contributed by atoms with Gasteiger partial charge in [0.2, 0.25) is 0 Å². The van der Waals surface area contributed by atoms with Crippen molar-refractivity contribution in [3.8, 4) is 22.6 Å². The zero-order valence-corrected chi connectivity index (χ0v) is 10.4. The van der Waals surface area contributed by atoms with Gasteiger partial charge in [-0.05, 0) is 35.7 Å². The van der Waals surface area contributed by atoms with Gasteiger partial charge in [0, 0.05) is 0 Å². The van der Waals surface area contributed by atoms with Crippen molar-refractivity contribution < 1.29 is 9.47 Å². The normalized spacial score (nSPS) is 10.1. The number of methoxy groups -OCH3 is 2. The van der Waals surface area contributed by atoms with Crippen molar-refractivity contribution in [3.63, 3.8) is 0 Å². The third-order valence-corrected chi connectivity index (χ3v) is 2.82. The molecule has 2 heteroatoms. The van der Waals surface area contributed by atoms with Gasteiger partial charge in [0.25, 0.3) is 0 Å². The van der Waals surface area contributed by atoms with Gasteiger partial charge in [-0.2, -0.15) is 0 Å². The molecule has 0 aromatic heterocycles. The van der Waals surface area contributed by atoms with Crippen LogP contribution < -0.4 is 9.47 Å². The molecule has 0 unspecified atom stereocenters. The predicted octanol–water partition coefficient (Wildman–Crippen LogP) is 3.68. The fourth-order valence-electron chi connectivity index (χ4n) is 1.91. The SMILES string of the molecule is COc1cc(C)c(-c2ccccc2)cc1OC. The average Bonchev–Trinajstić information content (AvgIpc) is 2.39. The summed E-state index contributed by atoms with van der Waals surface area (Å²) in [7, 11) is 3.31. The molecule has 0 N–H and O–H groups in total. The largest absolute Gasteiger partial charge is 0.493 e. The summed E-state index contributed by atoms with van der Waals surface area (Å²) in [6.45, 7) is 2.07. The van der Waals surface area contributed by atoms with Gasteiger partial charge >= 0.3 is 0 Å². The number of hydrogen-bond donors (Lipinski definition) is 0. The fraction of sp³-hybridized carbons (Fsp3) is 0.200. The summed E-state index contributed by atoms with van der Waals surface area (Å²) in [4.78, 5) is 0. The highest BCUT2D eigenvalue weighted by atomic mass is 16.5. The summed E-state index contributed by atoms with van der Waals surface area (Å²) in [5.41, 5.74) is 3.53. The molecule has 2 rings (SSSR count). The van der Waals surface area contributed by atoms with E-state index in [0.717, 1.165) is 11.5 Å². The Hall–Kier alpha value is -1.96. The van der Waals surface area contributed by atoms with Crippen LogP contribution in [0, 0.1) is 6.92 Å². The molecule has 0 heterocycles. The third kappa shape index (κ3) is 2.26. The summed E-state index contributed by atoms with van der Waals surface area (Å²) in [6, 6.07) is 14.3. The van der Waals surface area contributed by atoms with E-state index in [4.69, 9.17) is 9.47 Å². The third-order valence-electron chi connectivity index (χ3n) is 2.82. The van der Waals surface area contributed by atoms with E-state index in [2.05, 4.69) is 19.1 Å². The van der Waals surface area contributed by atoms with E-state index in [0.29, 0.717) is 0 Å². The Bertz CT molecular complexity index is 504. The maximum absolute atomic E-state index is 5.33. The van der Waals surface area contributed by atoms with E-state index in [9.17, 15) is 0 Å². The van der Waals surface area contributed by atoms with Crippen molar-refractivity contribution in [2.75, 3.05) is 14.2 Å². The average molecular weight is 228 g/mol. The monoisotopic (exact) mass is 228 g/mol. The molecule has 0 atom stereocenters. The van der Waals surface area contributed by atoms with Gasteiger partial charge in [-0.25, -0.2) is 0 Å². The van der Waals surface area contributed by atoms with Gasteiger partial charge in [-0.3, -0.25) is 0 Å². The molecule has 0 saturated carbocycles. The second kappa shape index (κ2) is 4.91. The molecule has 17 heavy (non-hydrogen) atoms. The summed E-state index contributed by atoms with van der Waals surface area (Å²) in [5.74, 6) is 1.53. The van der Waals surface area contributed by atoms with E-state index < -0.39 is 0 Å². The van der Waals surface area contributed by atoms with E-state index in [1.807, 2.05) is 30.3 Å². The van der Waals surface area contributed by atoms with Crippen molar-refractivity contribution >= 4 is 0 Å². The van der Waals surface area contributed by atoms with Crippen LogP contribution >= 0.6 is 0 Å². The van der Waals surface area contributed by atoms with Crippen molar-refractivity contribution in [3.05, 3.63) is 48.0 Å². The van der Waals surface area contributed by atoms with Gasteiger partial charge in [-0.15, -0.1) is 0 Å². The highest BCUT2D eigenvalue weighted by Gasteiger charge is 2.09. The number of benzene rings is 2. The van der Waals surface area contributed by atoms with E-state index in [-0.39, 0.29) is 0 Å². The first-order valence-corrected chi connectivity index (χ1v) is 5.54. The van der Waals surface area contributed by atoms with Crippen molar-refractivity contribution in [2.45, 2.75) is 6.92 Å². The lowest BCUT2D eigenvalue weighted by atomic mass is 10.00. The van der Waals surface area contributed by atoms with Crippen LogP contribution in [0.1, 0.15) is 5.56 Å². The molecular weight excluding hydrogens is 212 g/mol. The number of aryl methyl sites for hydroxylation is 1. The molecule has 2 aromatic carbocycles. The molecule has 0 saturated heterocycles. The van der Waals surface area contributed by atoms with Gasteiger partial charge in [-0.1, -0.05) is 30.3 Å². The Balaban J connectivity index is 2.56. The molecule has 0 aliphatic carbocycles. The van der Waals surface area contributed by atoms with Crippen LogP contribution in [0.2, 0.25) is 0 Å². The number of rotatable bonds is 3. The van der Waals surface area contributed by atoms with Crippen LogP contribution in [0.25, 0.3) is 11.1 Å². The molecule has 0 bridgehead atoms. The van der Waals surface area contributed by atoms with Gasteiger partial charge in [0.05, 0.1) is 14.2 Å². The lowest BCUT2D eigenvalue weighted by molar-refractivity contribution is 0.355. The molecule has 2 aromatic rings. The Kier molecular flexibility index (Phi) is 3.33. The fourth-order valence-corrected chi connectivity index (χ4v) is 1.91. The Morgan fingerprint density at radius 1 is 0.824 bits per heavy atom. The minimum Gasteiger partial charge on any atom is -0.493 e. The van der Waals surface area contributed by atoms with Crippen molar-refractivity contribution in [1.29, 1.82) is 0 Å². The minimum atomic E-state index is 0.761. The van der Waals surface area contributed by atoms with Crippen LogP contribution in [-0.4, -0.2) is 14.2 Å². The van der Waals surface area contributed by atoms with Gasteiger partial charge in [0.1, 0.15) is 0 Å². The van der Waals surface area contributed by atoms with Crippen LogP contribution in [0.3, 0.4) is 0 Å². The molecule has 88 valence electrons. The standard InChI is InChI=1S/C15H16O2/c1-11-9-14(16-2)15(17-3)10-13(11)12-7-5-4-6-8-12/h4-10H,1-3H3. The summed E-state index contributed by atoms with van der Waals surface area (Å²) in [5, 5.41) is 0. The second-order valence-corrected chi connectivity index (χ2v) is 3.89. The first-order valence-electron chi connectivity index (χ1n) is 5.54. The topological polar surface area (TPSA) is 18.5 Å². The lowest BCUT2D eigenvalue weighted by Crippen LogP contribution is -1.93. The highest BCUT2D eigenvalue weighted by Crippen LogP contribution is 2.35. The molecule has 2 nitrogen and oxygen atoms in total. The quantitative estimate of drug-likeness (QED) is 0.797. The second-order valence-electron chi connectivity index (χ2n) is 3.89. The van der Waals surface area contributed by atoms with E-state index in [1.165, 1.54) is 16.7 Å². The number of ether oxygens (including phenoxy) is 2. The Morgan fingerprint density at radius 2 is 1.41 bits per heavy atom. The zero-order chi connectivity index (χ0) is 12.3. The Labute approximate surface area is 102 Å². The van der Waals surface area contributed by atoms with Crippen LogP contribution in [0.5, 0.6) is 11.5 Å². The zero-order valence-electron chi connectivity index (χ0n) is 10.4. The lowest BCUT2D eigenvalue weighted by Gasteiger charge is -2.12. The number of hydrogen-bond acceptors (Lipinski definition) is 2. The summed E-state index contributed by atoms with van der Waals surface area (Å²) < 4.78 is 10.6. The van der Waals surface area contributed by atoms with E-state index >= 15 is 0 Å². The highest BCUT2D eigenvalue weighted by molar-refractivity contribution is 5.70.